The van der Waals surface area contributed by atoms with E-state index in [-0.39, 0.29) is 5.82 Å². The average molecular weight is 367 g/mol. The average Bonchev–Trinajstić information content (AvgIpc) is 3.08. The fourth-order valence-electron chi connectivity index (χ4n) is 3.89. The smallest absolute Gasteiger partial charge is 0.141 e. The van der Waals surface area contributed by atoms with Crippen LogP contribution in [0.15, 0.2) is 30.6 Å². The van der Waals surface area contributed by atoms with E-state index >= 15 is 0 Å². The van der Waals surface area contributed by atoms with Crippen molar-refractivity contribution < 1.29 is 4.39 Å². The van der Waals surface area contributed by atoms with Gasteiger partial charge in [-0.1, -0.05) is 13.3 Å². The molecule has 0 aliphatic heterocycles. The number of nitrogens with two attached hydrogens (primary N) is 1. The van der Waals surface area contributed by atoms with E-state index in [2.05, 4.69) is 33.3 Å². The lowest BCUT2D eigenvalue weighted by atomic mass is 9.91. The van der Waals surface area contributed by atoms with Crippen LogP contribution < -0.4 is 11.1 Å². The highest BCUT2D eigenvalue weighted by Crippen LogP contribution is 2.35. The van der Waals surface area contributed by atoms with Gasteiger partial charge in [-0.05, 0) is 50.3 Å². The van der Waals surface area contributed by atoms with Gasteiger partial charge in [-0.2, -0.15) is 0 Å². The number of rotatable bonds is 5. The fraction of sp³-hybridized carbons (Fsp3) is 0.429. The zero-order valence-corrected chi connectivity index (χ0v) is 15.6. The molecule has 3 aromatic heterocycles. The maximum absolute atomic E-state index is 13.3. The van der Waals surface area contributed by atoms with Gasteiger partial charge in [0.2, 0.25) is 0 Å². The van der Waals surface area contributed by atoms with Crippen LogP contribution in [-0.2, 0) is 6.42 Å². The molecule has 3 heterocycles. The normalized spacial score (nSPS) is 20.1. The molecule has 0 unspecified atom stereocenters. The van der Waals surface area contributed by atoms with E-state index < -0.39 is 0 Å². The van der Waals surface area contributed by atoms with E-state index in [0.29, 0.717) is 12.1 Å². The lowest BCUT2D eigenvalue weighted by Gasteiger charge is -2.28. The number of hydrogen-bond acceptors (Lipinski definition) is 4. The van der Waals surface area contributed by atoms with Crippen LogP contribution >= 0.6 is 0 Å². The largest absolute Gasteiger partial charge is 0.381 e. The van der Waals surface area contributed by atoms with E-state index in [1.54, 1.807) is 6.07 Å². The van der Waals surface area contributed by atoms with Gasteiger partial charge in [0.25, 0.3) is 0 Å². The van der Waals surface area contributed by atoms with Crippen molar-refractivity contribution in [3.8, 4) is 11.3 Å². The van der Waals surface area contributed by atoms with Crippen molar-refractivity contribution >= 4 is 16.7 Å². The van der Waals surface area contributed by atoms with Crippen molar-refractivity contribution in [1.82, 2.24) is 15.0 Å². The van der Waals surface area contributed by atoms with Gasteiger partial charge in [0, 0.05) is 34.9 Å². The Balaban J connectivity index is 1.77. The van der Waals surface area contributed by atoms with Crippen LogP contribution in [0.3, 0.4) is 0 Å². The first-order valence-electron chi connectivity index (χ1n) is 9.78. The van der Waals surface area contributed by atoms with Crippen LogP contribution in [0.5, 0.6) is 0 Å². The van der Waals surface area contributed by atoms with Crippen molar-refractivity contribution in [2.24, 2.45) is 5.73 Å². The van der Waals surface area contributed by atoms with Crippen LogP contribution in [0.25, 0.3) is 22.3 Å². The predicted octanol–water partition coefficient (Wildman–Crippen LogP) is 4.40. The Labute approximate surface area is 158 Å². The van der Waals surface area contributed by atoms with E-state index in [1.807, 2.05) is 6.20 Å². The molecule has 27 heavy (non-hydrogen) atoms. The Morgan fingerprint density at radius 3 is 2.70 bits per heavy atom. The maximum atomic E-state index is 13.3. The molecular weight excluding hydrogens is 341 g/mol. The molecule has 0 radical (unpaired) electrons. The van der Waals surface area contributed by atoms with E-state index in [0.717, 1.165) is 66.5 Å². The third kappa shape index (κ3) is 3.81. The maximum Gasteiger partial charge on any atom is 0.141 e. The molecule has 3 aromatic rings. The predicted molar refractivity (Wildman–Crippen MR) is 107 cm³/mol. The standard InChI is InChI=1S/C21H26FN5/c1-2-3-16-10-17-20(26-15-7-5-14(23)6-8-15)18(12-25-21(17)27-16)19-9-4-13(22)11-24-19/h4,9-12,14-15H,2-3,5-8,23H2,1H3,(H2,25,26,27). The molecule has 6 heteroatoms. The number of nitrogens with zero attached hydrogens (tertiary/aromatic N) is 2. The monoisotopic (exact) mass is 367 g/mol. The van der Waals surface area contributed by atoms with Crippen LogP contribution in [0, 0.1) is 5.82 Å². The number of anilines is 1. The summed E-state index contributed by atoms with van der Waals surface area (Å²) in [6.45, 7) is 2.16. The quantitative estimate of drug-likeness (QED) is 0.624. The number of aromatic nitrogens is 3. The summed E-state index contributed by atoms with van der Waals surface area (Å²) in [4.78, 5) is 12.3. The topological polar surface area (TPSA) is 79.6 Å². The molecule has 142 valence electrons. The lowest BCUT2D eigenvalue weighted by molar-refractivity contribution is 0.411. The number of aryl methyl sites for hydroxylation is 1. The number of pyridine rings is 2. The van der Waals surface area contributed by atoms with E-state index in [4.69, 9.17) is 5.73 Å². The summed E-state index contributed by atoms with van der Waals surface area (Å²) < 4.78 is 13.3. The third-order valence-electron chi connectivity index (χ3n) is 5.36. The second-order valence-electron chi connectivity index (χ2n) is 7.47. The summed E-state index contributed by atoms with van der Waals surface area (Å²) in [5, 5.41) is 4.80. The second kappa shape index (κ2) is 7.64. The second-order valence-corrected chi connectivity index (χ2v) is 7.47. The number of fused-ring (bicyclic) bond motifs is 1. The molecule has 4 rings (SSSR count). The Bertz CT molecular complexity index is 910. The molecule has 1 aliphatic rings. The fourth-order valence-corrected chi connectivity index (χ4v) is 3.89. The van der Waals surface area contributed by atoms with Crippen LogP contribution in [0.2, 0.25) is 0 Å². The SMILES string of the molecule is CCCc1cc2c(NC3CCC(N)CC3)c(-c3ccc(F)cn3)cnc2[nH]1. The van der Waals surface area contributed by atoms with Gasteiger partial charge >= 0.3 is 0 Å². The summed E-state index contributed by atoms with van der Waals surface area (Å²) in [6, 6.07) is 6.01. The van der Waals surface area contributed by atoms with Gasteiger partial charge in [-0.25, -0.2) is 9.37 Å². The van der Waals surface area contributed by atoms with Crippen LogP contribution in [0.4, 0.5) is 10.1 Å². The summed E-state index contributed by atoms with van der Waals surface area (Å²) in [6.07, 6.45) is 9.30. The van der Waals surface area contributed by atoms with Gasteiger partial charge in [0.05, 0.1) is 17.6 Å². The van der Waals surface area contributed by atoms with Crippen molar-refractivity contribution in [2.45, 2.75) is 57.5 Å². The van der Waals surface area contributed by atoms with Crippen molar-refractivity contribution in [3.63, 3.8) is 0 Å². The molecular formula is C21H26FN5. The molecule has 1 saturated carbocycles. The minimum absolute atomic E-state index is 0.308. The van der Waals surface area contributed by atoms with Crippen molar-refractivity contribution in [2.75, 3.05) is 5.32 Å². The van der Waals surface area contributed by atoms with E-state index in [1.165, 1.54) is 18.0 Å². The van der Waals surface area contributed by atoms with Crippen molar-refractivity contribution in [3.05, 3.63) is 42.1 Å². The van der Waals surface area contributed by atoms with Gasteiger partial charge in [-0.15, -0.1) is 0 Å². The molecule has 1 aliphatic carbocycles. The number of nitrogens with one attached hydrogen (secondary N) is 2. The Morgan fingerprint density at radius 1 is 1.19 bits per heavy atom. The Hall–Kier alpha value is -2.47. The molecule has 0 saturated heterocycles. The third-order valence-corrected chi connectivity index (χ3v) is 5.36. The summed E-state index contributed by atoms with van der Waals surface area (Å²) in [7, 11) is 0. The number of halogens is 1. The molecule has 1 fully saturated rings. The molecule has 0 aromatic carbocycles. The minimum Gasteiger partial charge on any atom is -0.381 e. The summed E-state index contributed by atoms with van der Waals surface area (Å²) in [5.74, 6) is -0.338. The zero-order valence-electron chi connectivity index (χ0n) is 15.6. The molecule has 4 N–H and O–H groups in total. The summed E-state index contributed by atoms with van der Waals surface area (Å²) >= 11 is 0. The molecule has 0 spiro atoms. The van der Waals surface area contributed by atoms with E-state index in [9.17, 15) is 4.39 Å². The molecule has 0 atom stereocenters. The summed E-state index contributed by atoms with van der Waals surface area (Å²) in [5.41, 5.74) is 10.8. The van der Waals surface area contributed by atoms with Crippen LogP contribution in [0.1, 0.15) is 44.7 Å². The first-order valence-corrected chi connectivity index (χ1v) is 9.78. The first kappa shape index (κ1) is 17.9. The molecule has 5 nitrogen and oxygen atoms in total. The van der Waals surface area contributed by atoms with Gasteiger partial charge in [0.15, 0.2) is 0 Å². The van der Waals surface area contributed by atoms with Crippen molar-refractivity contribution in [1.29, 1.82) is 0 Å². The molecule has 0 bridgehead atoms. The Morgan fingerprint density at radius 2 is 2.00 bits per heavy atom. The zero-order chi connectivity index (χ0) is 18.8. The lowest BCUT2D eigenvalue weighted by Crippen LogP contribution is -2.33. The highest BCUT2D eigenvalue weighted by Gasteiger charge is 2.22. The highest BCUT2D eigenvalue weighted by molar-refractivity contribution is 5.98. The Kier molecular flexibility index (Phi) is 5.07. The van der Waals surface area contributed by atoms with Gasteiger partial charge in [-0.3, -0.25) is 4.98 Å². The van der Waals surface area contributed by atoms with Crippen LogP contribution in [-0.4, -0.2) is 27.0 Å². The first-order chi connectivity index (χ1) is 13.1. The van der Waals surface area contributed by atoms with Gasteiger partial charge < -0.3 is 16.0 Å². The molecule has 0 amide bonds. The van der Waals surface area contributed by atoms with Gasteiger partial charge in [0.1, 0.15) is 11.5 Å². The number of H-pyrrole nitrogens is 1. The highest BCUT2D eigenvalue weighted by atomic mass is 19.1. The number of hydrogen-bond donors (Lipinski definition) is 3. The minimum atomic E-state index is -0.338. The number of aromatic amines is 1.